The van der Waals surface area contributed by atoms with Gasteiger partial charge in [-0.1, -0.05) is 35.5 Å². The van der Waals surface area contributed by atoms with Crippen molar-refractivity contribution in [1.82, 2.24) is 14.7 Å². The first-order valence-electron chi connectivity index (χ1n) is 14.7. The van der Waals surface area contributed by atoms with Crippen LogP contribution in [0.5, 0.6) is 0 Å². The predicted octanol–water partition coefficient (Wildman–Crippen LogP) is 4.34. The van der Waals surface area contributed by atoms with Gasteiger partial charge in [-0.05, 0) is 37.5 Å². The van der Waals surface area contributed by atoms with E-state index in [1.165, 1.54) is 12.1 Å². The molecular formula is C32H36FN4O5+. The van der Waals surface area contributed by atoms with Crippen LogP contribution in [0.1, 0.15) is 66.0 Å². The van der Waals surface area contributed by atoms with Gasteiger partial charge >= 0.3 is 5.97 Å². The highest BCUT2D eigenvalue weighted by Crippen LogP contribution is 2.35. The van der Waals surface area contributed by atoms with E-state index < -0.39 is 6.10 Å². The van der Waals surface area contributed by atoms with E-state index in [-0.39, 0.29) is 36.4 Å². The SMILES string of the molecule is Cc1nc2n(c(=O)c1CC[N+]1(COC(=O)Cc3ccccc3)CCC(c3noc4cc(F)ccc34)CC1)CCCC2O. The summed E-state index contributed by atoms with van der Waals surface area (Å²) in [5, 5.41) is 15.5. The van der Waals surface area contributed by atoms with E-state index >= 15 is 0 Å². The molecule has 4 aromatic rings. The van der Waals surface area contributed by atoms with Crippen molar-refractivity contribution in [1.29, 1.82) is 0 Å². The molecule has 220 valence electrons. The number of likely N-dealkylation sites (tertiary alicyclic amines) is 1. The van der Waals surface area contributed by atoms with E-state index in [0.717, 1.165) is 49.0 Å². The Morgan fingerprint density at radius 3 is 2.74 bits per heavy atom. The van der Waals surface area contributed by atoms with Gasteiger partial charge in [0.25, 0.3) is 5.56 Å². The first kappa shape index (κ1) is 28.2. The van der Waals surface area contributed by atoms with Gasteiger partial charge in [0.2, 0.25) is 6.73 Å². The van der Waals surface area contributed by atoms with E-state index in [4.69, 9.17) is 9.26 Å². The lowest BCUT2D eigenvalue weighted by atomic mass is 9.90. The van der Waals surface area contributed by atoms with E-state index in [9.17, 15) is 19.1 Å². The summed E-state index contributed by atoms with van der Waals surface area (Å²) in [5.74, 6) is -0.0701. The molecule has 1 unspecified atom stereocenters. The summed E-state index contributed by atoms with van der Waals surface area (Å²) in [6.45, 7) is 4.64. The largest absolute Gasteiger partial charge is 0.415 e. The quantitative estimate of drug-likeness (QED) is 0.246. The van der Waals surface area contributed by atoms with Crippen LogP contribution >= 0.6 is 0 Å². The molecule has 6 rings (SSSR count). The van der Waals surface area contributed by atoms with Crippen molar-refractivity contribution in [3.05, 3.63) is 93.0 Å². The number of carbonyl (C=O) groups is 1. The summed E-state index contributed by atoms with van der Waals surface area (Å²) in [4.78, 5) is 30.9. The highest BCUT2D eigenvalue weighted by atomic mass is 19.1. The van der Waals surface area contributed by atoms with E-state index in [1.54, 1.807) is 10.6 Å². The maximum Gasteiger partial charge on any atom is 0.314 e. The summed E-state index contributed by atoms with van der Waals surface area (Å²) >= 11 is 0. The number of aliphatic hydroxyl groups is 1. The van der Waals surface area contributed by atoms with Crippen molar-refractivity contribution in [3.63, 3.8) is 0 Å². The minimum absolute atomic E-state index is 0.0911. The van der Waals surface area contributed by atoms with Gasteiger partial charge in [0, 0.05) is 54.4 Å². The molecule has 0 bridgehead atoms. The zero-order chi connectivity index (χ0) is 29.3. The number of ether oxygens (including phenoxy) is 1. The lowest BCUT2D eigenvalue weighted by Gasteiger charge is -2.42. The molecule has 1 saturated heterocycles. The van der Waals surface area contributed by atoms with Crippen molar-refractivity contribution in [2.45, 2.75) is 64.0 Å². The maximum atomic E-state index is 13.7. The third-order valence-corrected chi connectivity index (χ3v) is 8.94. The zero-order valence-electron chi connectivity index (χ0n) is 23.8. The molecule has 10 heteroatoms. The number of esters is 1. The van der Waals surface area contributed by atoms with Gasteiger partial charge in [0.1, 0.15) is 17.7 Å². The summed E-state index contributed by atoms with van der Waals surface area (Å²) in [6, 6.07) is 14.0. The number of rotatable bonds is 8. The second kappa shape index (κ2) is 11.8. The fourth-order valence-corrected chi connectivity index (χ4v) is 6.45. The Morgan fingerprint density at radius 1 is 1.17 bits per heavy atom. The number of fused-ring (bicyclic) bond motifs is 2. The van der Waals surface area contributed by atoms with E-state index in [0.29, 0.717) is 53.1 Å². The smallest absolute Gasteiger partial charge is 0.314 e. The van der Waals surface area contributed by atoms with Gasteiger partial charge < -0.3 is 14.4 Å². The first-order chi connectivity index (χ1) is 20.3. The molecule has 0 spiro atoms. The van der Waals surface area contributed by atoms with Gasteiger partial charge in [-0.25, -0.2) is 9.37 Å². The molecule has 1 N–H and O–H groups in total. The van der Waals surface area contributed by atoms with Crippen LogP contribution in [0.2, 0.25) is 0 Å². The number of hydrogen-bond acceptors (Lipinski definition) is 7. The molecule has 0 radical (unpaired) electrons. The topological polar surface area (TPSA) is 107 Å². The molecule has 9 nitrogen and oxygen atoms in total. The molecule has 2 aromatic carbocycles. The second-order valence-electron chi connectivity index (χ2n) is 11.7. The summed E-state index contributed by atoms with van der Waals surface area (Å²) in [5.41, 5.74) is 3.36. The number of aryl methyl sites for hydroxylation is 1. The fourth-order valence-electron chi connectivity index (χ4n) is 6.45. The van der Waals surface area contributed by atoms with Crippen molar-refractivity contribution < 1.29 is 28.0 Å². The normalized spacial score (nSPS) is 22.2. The number of halogens is 1. The molecule has 2 aliphatic rings. The number of nitrogens with zero attached hydrogens (tertiary/aromatic N) is 4. The van der Waals surface area contributed by atoms with Crippen LogP contribution in [0, 0.1) is 12.7 Å². The van der Waals surface area contributed by atoms with E-state index in [2.05, 4.69) is 10.1 Å². The van der Waals surface area contributed by atoms with Crippen LogP contribution in [0.15, 0.2) is 57.8 Å². The highest BCUT2D eigenvalue weighted by Gasteiger charge is 2.38. The molecule has 0 saturated carbocycles. The maximum absolute atomic E-state index is 13.7. The monoisotopic (exact) mass is 575 g/mol. The zero-order valence-corrected chi connectivity index (χ0v) is 23.8. The van der Waals surface area contributed by atoms with Crippen molar-refractivity contribution in [2.75, 3.05) is 26.4 Å². The Balaban J connectivity index is 1.21. The van der Waals surface area contributed by atoms with Crippen LogP contribution in [-0.4, -0.2) is 56.6 Å². The van der Waals surface area contributed by atoms with Crippen LogP contribution in [0.3, 0.4) is 0 Å². The Hall–Kier alpha value is -3.89. The van der Waals surface area contributed by atoms with Gasteiger partial charge in [-0.3, -0.25) is 18.6 Å². The number of aromatic nitrogens is 3. The minimum Gasteiger partial charge on any atom is -0.415 e. The Bertz CT molecular complexity index is 1640. The van der Waals surface area contributed by atoms with Gasteiger partial charge in [-0.15, -0.1) is 0 Å². The predicted molar refractivity (Wildman–Crippen MR) is 153 cm³/mol. The van der Waals surface area contributed by atoms with Crippen LogP contribution in [0.25, 0.3) is 11.0 Å². The number of hydrogen-bond donors (Lipinski definition) is 1. The number of piperidine rings is 1. The summed E-state index contributed by atoms with van der Waals surface area (Å²) in [7, 11) is 0. The minimum atomic E-state index is -0.718. The van der Waals surface area contributed by atoms with E-state index in [1.807, 2.05) is 37.3 Å². The molecule has 2 aliphatic heterocycles. The average Bonchev–Trinajstić information content (AvgIpc) is 3.40. The highest BCUT2D eigenvalue weighted by molar-refractivity contribution is 5.79. The lowest BCUT2D eigenvalue weighted by Crippen LogP contribution is -2.55. The Morgan fingerprint density at radius 2 is 1.95 bits per heavy atom. The van der Waals surface area contributed by atoms with Gasteiger partial charge in [0.05, 0.1) is 31.7 Å². The molecule has 2 aromatic heterocycles. The average molecular weight is 576 g/mol. The second-order valence-corrected chi connectivity index (χ2v) is 11.7. The molecular weight excluding hydrogens is 539 g/mol. The number of quaternary nitrogens is 1. The number of benzene rings is 2. The molecule has 0 amide bonds. The third kappa shape index (κ3) is 5.73. The third-order valence-electron chi connectivity index (χ3n) is 8.94. The Labute approximate surface area is 243 Å². The van der Waals surface area contributed by atoms with Crippen molar-refractivity contribution >= 4 is 16.9 Å². The molecule has 1 atom stereocenters. The van der Waals surface area contributed by atoms with Crippen LogP contribution in [0.4, 0.5) is 4.39 Å². The standard InChI is InChI=1S/C32H36FN4O5/c1-21-25(32(40)36-14-5-8-27(38)31(36)34-21)13-17-37(20-41-29(39)18-22-6-3-2-4-7-22)15-11-23(12-16-37)30-26-10-9-24(33)19-28(26)42-35-30/h2-4,6-7,9-10,19,23,27,38H,5,8,11-18,20H2,1H3/q+1. The molecule has 0 aliphatic carbocycles. The van der Waals surface area contributed by atoms with Crippen LogP contribution < -0.4 is 5.56 Å². The van der Waals surface area contributed by atoms with Gasteiger partial charge in [0.15, 0.2) is 5.58 Å². The molecule has 4 heterocycles. The lowest BCUT2D eigenvalue weighted by molar-refractivity contribution is -0.948. The number of carbonyl (C=O) groups excluding carboxylic acids is 1. The summed E-state index contributed by atoms with van der Waals surface area (Å²) in [6.07, 6.45) is 2.87. The molecule has 42 heavy (non-hydrogen) atoms. The van der Waals surface area contributed by atoms with Gasteiger partial charge in [-0.2, -0.15) is 0 Å². The van der Waals surface area contributed by atoms with Crippen LogP contribution in [-0.2, 0) is 28.9 Å². The number of aliphatic hydroxyl groups excluding tert-OH is 1. The Kier molecular flexibility index (Phi) is 7.92. The van der Waals surface area contributed by atoms with Crippen molar-refractivity contribution in [3.8, 4) is 0 Å². The molecule has 1 fully saturated rings. The summed E-state index contributed by atoms with van der Waals surface area (Å²) < 4.78 is 27.1. The van der Waals surface area contributed by atoms with Crippen molar-refractivity contribution in [2.24, 2.45) is 0 Å². The fraction of sp³-hybridized carbons (Fsp3) is 0.438. The first-order valence-corrected chi connectivity index (χ1v) is 14.7.